The second-order valence-corrected chi connectivity index (χ2v) is 8.83. The Morgan fingerprint density at radius 2 is 1.66 bits per heavy atom. The Morgan fingerprint density at radius 3 is 2.28 bits per heavy atom. The van der Waals surface area contributed by atoms with Crippen LogP contribution >= 0.6 is 0 Å². The zero-order valence-electron chi connectivity index (χ0n) is 16.6. The molecule has 1 heterocycles. The first kappa shape index (κ1) is 19.3. The van der Waals surface area contributed by atoms with Crippen LogP contribution in [-0.4, -0.2) is 34.6 Å². The van der Waals surface area contributed by atoms with Crippen molar-refractivity contribution in [1.82, 2.24) is 0 Å². The summed E-state index contributed by atoms with van der Waals surface area (Å²) < 4.78 is 39.2. The molecule has 2 aliphatic rings. The van der Waals surface area contributed by atoms with Crippen LogP contribution in [0.1, 0.15) is 18.1 Å². The Morgan fingerprint density at radius 1 is 1.00 bits per heavy atom. The van der Waals surface area contributed by atoms with Gasteiger partial charge in [-0.2, -0.15) is 0 Å². The first-order valence-corrected chi connectivity index (χ1v) is 10.5. The summed E-state index contributed by atoms with van der Waals surface area (Å²) in [6, 6.07) is 13.1. The van der Waals surface area contributed by atoms with Crippen molar-refractivity contribution in [2.75, 3.05) is 18.5 Å². The number of allylic oxidation sites excluding steroid dienone is 1. The fraction of sp³-hybridized carbons (Fsp3) is 0.227. The molecule has 0 aromatic heterocycles. The fourth-order valence-corrected chi connectivity index (χ4v) is 5.70. The molecular weight excluding hydrogens is 390 g/mol. The molecule has 1 atom stereocenters. The highest BCUT2D eigenvalue weighted by atomic mass is 32.2. The van der Waals surface area contributed by atoms with Gasteiger partial charge in [-0.15, -0.1) is 0 Å². The van der Waals surface area contributed by atoms with E-state index in [0.29, 0.717) is 11.4 Å². The number of rotatable bonds is 4. The van der Waals surface area contributed by atoms with Crippen LogP contribution in [-0.2, 0) is 24.3 Å². The molecule has 1 aliphatic carbocycles. The van der Waals surface area contributed by atoms with Gasteiger partial charge in [-0.25, -0.2) is 13.2 Å². The van der Waals surface area contributed by atoms with E-state index in [1.54, 1.807) is 36.4 Å². The summed E-state index contributed by atoms with van der Waals surface area (Å²) in [7, 11) is -1.21. The monoisotopic (exact) mass is 411 g/mol. The number of nitrogens with zero attached hydrogens (tertiary/aromatic N) is 1. The second kappa shape index (κ2) is 6.77. The molecule has 0 saturated heterocycles. The van der Waals surface area contributed by atoms with E-state index in [4.69, 9.17) is 9.47 Å². The third-order valence-corrected chi connectivity index (χ3v) is 7.18. The molecule has 0 radical (unpaired) electrons. The highest BCUT2D eigenvalue weighted by Crippen LogP contribution is 2.52. The maximum atomic E-state index is 13.7. The van der Waals surface area contributed by atoms with E-state index in [9.17, 15) is 13.2 Å². The number of benzene rings is 2. The van der Waals surface area contributed by atoms with Gasteiger partial charge >= 0.3 is 5.97 Å². The molecule has 1 aliphatic heterocycles. The molecular formula is C22H21NO5S. The zero-order chi connectivity index (χ0) is 20.9. The molecule has 4 rings (SSSR count). The lowest BCUT2D eigenvalue weighted by atomic mass is 10.0. The zero-order valence-corrected chi connectivity index (χ0v) is 17.4. The van der Waals surface area contributed by atoms with E-state index in [1.807, 2.05) is 26.0 Å². The van der Waals surface area contributed by atoms with Crippen molar-refractivity contribution in [3.8, 4) is 0 Å². The Bertz CT molecular complexity index is 1180. The maximum absolute atomic E-state index is 13.7. The smallest absolute Gasteiger partial charge is 0.340 e. The molecule has 0 fully saturated rings. The normalized spacial score (nSPS) is 18.1. The van der Waals surface area contributed by atoms with E-state index in [-0.39, 0.29) is 10.5 Å². The molecule has 0 unspecified atom stereocenters. The summed E-state index contributed by atoms with van der Waals surface area (Å²) in [5, 5.41) is 0. The number of carbonyl (C=O) groups excluding carboxylic acids is 1. The third-order valence-electron chi connectivity index (χ3n) is 5.39. The van der Waals surface area contributed by atoms with Crippen LogP contribution in [0.15, 0.2) is 70.3 Å². The number of esters is 1. The van der Waals surface area contributed by atoms with Crippen molar-refractivity contribution in [3.63, 3.8) is 0 Å². The molecule has 0 saturated carbocycles. The van der Waals surface area contributed by atoms with E-state index < -0.39 is 22.0 Å². The third kappa shape index (κ3) is 2.68. The van der Waals surface area contributed by atoms with Crippen molar-refractivity contribution < 1.29 is 22.7 Å². The number of anilines is 1. The van der Waals surface area contributed by atoms with Crippen molar-refractivity contribution in [3.05, 3.63) is 76.6 Å². The average Bonchev–Trinajstić information content (AvgIpc) is 3.20. The molecule has 7 heteroatoms. The maximum Gasteiger partial charge on any atom is 0.340 e. The molecule has 29 heavy (non-hydrogen) atoms. The summed E-state index contributed by atoms with van der Waals surface area (Å²) in [5.41, 5.74) is 3.91. The van der Waals surface area contributed by atoms with Crippen LogP contribution in [0.2, 0.25) is 0 Å². The molecule has 0 amide bonds. The number of carbonyl (C=O) groups is 1. The molecule has 0 N–H and O–H groups in total. The quantitative estimate of drug-likeness (QED) is 0.721. The molecule has 0 spiro atoms. The number of hydrogen-bond acceptors (Lipinski definition) is 5. The van der Waals surface area contributed by atoms with E-state index >= 15 is 0 Å². The first-order valence-electron chi connectivity index (χ1n) is 9.11. The van der Waals surface area contributed by atoms with E-state index in [2.05, 4.69) is 0 Å². The number of methoxy groups -OCH3 is 2. The van der Waals surface area contributed by atoms with Gasteiger partial charge in [0.2, 0.25) is 0 Å². The van der Waals surface area contributed by atoms with Gasteiger partial charge in [0.25, 0.3) is 10.0 Å². The average molecular weight is 411 g/mol. The summed E-state index contributed by atoms with van der Waals surface area (Å²) >= 11 is 0. The summed E-state index contributed by atoms with van der Waals surface area (Å²) in [4.78, 5) is 12.8. The summed E-state index contributed by atoms with van der Waals surface area (Å²) in [6.45, 7) is 3.72. The van der Waals surface area contributed by atoms with Crippen molar-refractivity contribution in [2.24, 2.45) is 0 Å². The van der Waals surface area contributed by atoms with Gasteiger partial charge in [-0.3, -0.25) is 4.31 Å². The Labute approximate surface area is 170 Å². The Hall–Kier alpha value is -3.06. The highest BCUT2D eigenvalue weighted by Gasteiger charge is 2.51. The molecule has 0 bridgehead atoms. The van der Waals surface area contributed by atoms with Crippen LogP contribution in [0.25, 0.3) is 5.57 Å². The lowest BCUT2D eigenvalue weighted by Gasteiger charge is -2.27. The largest absolute Gasteiger partial charge is 0.496 e. The van der Waals surface area contributed by atoms with Crippen LogP contribution in [0.3, 0.4) is 0 Å². The minimum Gasteiger partial charge on any atom is -0.496 e. The van der Waals surface area contributed by atoms with E-state index in [0.717, 1.165) is 22.3 Å². The van der Waals surface area contributed by atoms with Gasteiger partial charge < -0.3 is 9.47 Å². The van der Waals surface area contributed by atoms with Gasteiger partial charge in [0, 0.05) is 5.56 Å². The lowest BCUT2D eigenvalue weighted by Crippen LogP contribution is -2.40. The number of hydrogen-bond donors (Lipinski definition) is 0. The van der Waals surface area contributed by atoms with Gasteiger partial charge in [0.15, 0.2) is 0 Å². The van der Waals surface area contributed by atoms with Crippen molar-refractivity contribution in [1.29, 1.82) is 0 Å². The van der Waals surface area contributed by atoms with E-state index in [1.165, 1.54) is 18.5 Å². The van der Waals surface area contributed by atoms with Crippen molar-refractivity contribution in [2.45, 2.75) is 24.8 Å². The predicted molar refractivity (Wildman–Crippen MR) is 110 cm³/mol. The summed E-state index contributed by atoms with van der Waals surface area (Å²) in [5.74, 6) is -0.256. The number of aryl methyl sites for hydroxylation is 1. The number of para-hydroxylation sites is 1. The minimum atomic E-state index is -3.95. The van der Waals surface area contributed by atoms with Crippen LogP contribution < -0.4 is 4.31 Å². The van der Waals surface area contributed by atoms with Gasteiger partial charge in [-0.05, 0) is 43.2 Å². The number of ether oxygens (including phenoxy) is 2. The van der Waals surface area contributed by atoms with Gasteiger partial charge in [-0.1, -0.05) is 35.9 Å². The molecule has 6 nitrogen and oxygen atoms in total. The van der Waals surface area contributed by atoms with Gasteiger partial charge in [0.05, 0.1) is 24.8 Å². The lowest BCUT2D eigenvalue weighted by molar-refractivity contribution is -0.136. The Kier molecular flexibility index (Phi) is 4.50. The predicted octanol–water partition coefficient (Wildman–Crippen LogP) is 3.43. The standard InChI is InChI=1S/C22H21NO5S/c1-13-9-11-15(12-10-13)29(25,26)23-17-8-6-5-7-16(17)18-14(2)21(27-3)19(20(18)23)22(24)28-4/h5-12,20H,1-4H3/t20-/m0/s1. The first-order chi connectivity index (χ1) is 13.8. The number of sulfonamides is 1. The highest BCUT2D eigenvalue weighted by molar-refractivity contribution is 7.93. The summed E-state index contributed by atoms with van der Waals surface area (Å²) in [6.07, 6.45) is 0. The number of fused-ring (bicyclic) bond motifs is 3. The van der Waals surface area contributed by atoms with Gasteiger partial charge in [0.1, 0.15) is 17.4 Å². The topological polar surface area (TPSA) is 72.9 Å². The molecule has 2 aromatic rings. The fourth-order valence-electron chi connectivity index (χ4n) is 4.08. The SMILES string of the molecule is COC(=O)C1=C(OC)C(C)=C2c3ccccc3N(S(=O)(=O)c3ccc(C)cc3)[C@H]12. The van der Waals surface area contributed by atoms with Crippen LogP contribution in [0.5, 0.6) is 0 Å². The minimum absolute atomic E-state index is 0.159. The van der Waals surface area contributed by atoms with Crippen molar-refractivity contribution >= 4 is 27.3 Å². The molecule has 2 aromatic carbocycles. The molecule has 150 valence electrons. The van der Waals surface area contributed by atoms with Crippen LogP contribution in [0.4, 0.5) is 5.69 Å². The van der Waals surface area contributed by atoms with Crippen LogP contribution in [0, 0.1) is 6.92 Å². The second-order valence-electron chi connectivity index (χ2n) is 7.01. The Balaban J connectivity index is 2.00.